The third-order valence-corrected chi connectivity index (χ3v) is 3.10. The molecular formula is C10H12N2O2. The zero-order valence-corrected chi connectivity index (χ0v) is 7.77. The van der Waals surface area contributed by atoms with Gasteiger partial charge in [0.1, 0.15) is 0 Å². The van der Waals surface area contributed by atoms with E-state index in [9.17, 15) is 4.79 Å². The van der Waals surface area contributed by atoms with E-state index in [0.29, 0.717) is 17.7 Å². The van der Waals surface area contributed by atoms with Crippen molar-refractivity contribution in [1.29, 1.82) is 0 Å². The summed E-state index contributed by atoms with van der Waals surface area (Å²) in [6, 6.07) is 3.99. The number of furan rings is 1. The largest absolute Gasteiger partial charge is 0.459 e. The molecule has 1 aromatic heterocycles. The van der Waals surface area contributed by atoms with E-state index in [2.05, 4.69) is 5.32 Å². The number of carbonyl (C=O) groups excluding carboxylic acids is 1. The third kappa shape index (κ3) is 1.07. The molecule has 1 amide bonds. The number of amides is 1. The van der Waals surface area contributed by atoms with Crippen LogP contribution in [0.5, 0.6) is 0 Å². The Morgan fingerprint density at radius 1 is 1.57 bits per heavy atom. The van der Waals surface area contributed by atoms with Crippen LogP contribution in [0.2, 0.25) is 0 Å². The average Bonchev–Trinajstić information content (AvgIpc) is 2.75. The number of carbonyl (C=O) groups is 1. The summed E-state index contributed by atoms with van der Waals surface area (Å²) in [6.07, 6.45) is 1.54. The molecule has 0 bridgehead atoms. The van der Waals surface area contributed by atoms with E-state index in [-0.39, 0.29) is 5.91 Å². The molecule has 2 saturated heterocycles. The number of hydrogen-bond donors (Lipinski definition) is 1. The first-order valence-electron chi connectivity index (χ1n) is 4.91. The van der Waals surface area contributed by atoms with Gasteiger partial charge in [0.25, 0.3) is 5.91 Å². The first-order valence-corrected chi connectivity index (χ1v) is 4.91. The smallest absolute Gasteiger partial charge is 0.289 e. The van der Waals surface area contributed by atoms with Crippen LogP contribution in [-0.2, 0) is 0 Å². The third-order valence-electron chi connectivity index (χ3n) is 3.10. The highest BCUT2D eigenvalue weighted by Crippen LogP contribution is 2.24. The van der Waals surface area contributed by atoms with E-state index in [4.69, 9.17) is 4.42 Å². The fourth-order valence-electron chi connectivity index (χ4n) is 2.17. The van der Waals surface area contributed by atoms with Gasteiger partial charge in [-0.05, 0) is 12.1 Å². The summed E-state index contributed by atoms with van der Waals surface area (Å²) < 4.78 is 5.09. The molecule has 2 fully saturated rings. The van der Waals surface area contributed by atoms with Crippen molar-refractivity contribution in [2.24, 2.45) is 5.92 Å². The predicted molar refractivity (Wildman–Crippen MR) is 49.9 cm³/mol. The van der Waals surface area contributed by atoms with Gasteiger partial charge in [0.15, 0.2) is 5.76 Å². The van der Waals surface area contributed by atoms with E-state index in [1.165, 1.54) is 6.26 Å². The van der Waals surface area contributed by atoms with Crippen molar-refractivity contribution in [3.05, 3.63) is 24.2 Å². The monoisotopic (exact) mass is 192 g/mol. The minimum absolute atomic E-state index is 0.0196. The molecule has 0 saturated carbocycles. The van der Waals surface area contributed by atoms with Crippen LogP contribution in [0.1, 0.15) is 10.6 Å². The lowest BCUT2D eigenvalue weighted by Gasteiger charge is -2.29. The summed E-state index contributed by atoms with van der Waals surface area (Å²) in [6.45, 7) is 2.74. The first-order chi connectivity index (χ1) is 6.84. The van der Waals surface area contributed by atoms with Crippen molar-refractivity contribution in [2.75, 3.05) is 19.6 Å². The molecule has 4 heteroatoms. The zero-order chi connectivity index (χ0) is 9.54. The molecule has 0 aliphatic carbocycles. The minimum atomic E-state index is 0.0196. The van der Waals surface area contributed by atoms with Crippen LogP contribution >= 0.6 is 0 Å². The quantitative estimate of drug-likeness (QED) is 0.697. The van der Waals surface area contributed by atoms with Crippen molar-refractivity contribution in [3.8, 4) is 0 Å². The highest BCUT2D eigenvalue weighted by Gasteiger charge is 2.41. The first kappa shape index (κ1) is 8.05. The van der Waals surface area contributed by atoms with Gasteiger partial charge in [0.2, 0.25) is 0 Å². The lowest BCUT2D eigenvalue weighted by Crippen LogP contribution is -2.51. The van der Waals surface area contributed by atoms with Crippen LogP contribution in [0.25, 0.3) is 0 Å². The van der Waals surface area contributed by atoms with Gasteiger partial charge in [-0.15, -0.1) is 0 Å². The second-order valence-corrected chi connectivity index (χ2v) is 3.96. The molecule has 0 aromatic carbocycles. The van der Waals surface area contributed by atoms with E-state index in [0.717, 1.165) is 19.6 Å². The molecule has 2 atom stereocenters. The van der Waals surface area contributed by atoms with Crippen LogP contribution in [0.3, 0.4) is 0 Å². The Kier molecular flexibility index (Phi) is 1.64. The Morgan fingerprint density at radius 2 is 2.50 bits per heavy atom. The molecule has 14 heavy (non-hydrogen) atoms. The standard InChI is InChI=1S/C10H12N2O2/c13-10(9-2-1-3-14-9)12-5-7-4-11-8(7)6-12/h1-3,7-8,11H,4-6H2/t7-,8+/m1/s1. The maximum atomic E-state index is 11.8. The van der Waals surface area contributed by atoms with Crippen LogP contribution in [0.15, 0.2) is 22.8 Å². The molecular weight excluding hydrogens is 180 g/mol. The molecule has 2 aliphatic heterocycles. The van der Waals surface area contributed by atoms with E-state index in [1.54, 1.807) is 12.1 Å². The van der Waals surface area contributed by atoms with Crippen LogP contribution in [-0.4, -0.2) is 36.5 Å². The Morgan fingerprint density at radius 3 is 3.00 bits per heavy atom. The van der Waals surface area contributed by atoms with Gasteiger partial charge >= 0.3 is 0 Å². The average molecular weight is 192 g/mol. The highest BCUT2D eigenvalue weighted by atomic mass is 16.3. The number of likely N-dealkylation sites (tertiary alicyclic amines) is 1. The predicted octanol–water partition coefficient (Wildman–Crippen LogP) is 0.323. The number of hydrogen-bond acceptors (Lipinski definition) is 3. The second kappa shape index (κ2) is 2.85. The van der Waals surface area contributed by atoms with Gasteiger partial charge < -0.3 is 14.6 Å². The summed E-state index contributed by atoms with van der Waals surface area (Å²) >= 11 is 0. The maximum absolute atomic E-state index is 11.8. The van der Waals surface area contributed by atoms with Crippen LogP contribution in [0, 0.1) is 5.92 Å². The maximum Gasteiger partial charge on any atom is 0.289 e. The number of nitrogens with one attached hydrogen (secondary N) is 1. The summed E-state index contributed by atoms with van der Waals surface area (Å²) in [4.78, 5) is 13.7. The summed E-state index contributed by atoms with van der Waals surface area (Å²) in [7, 11) is 0. The number of rotatable bonds is 1. The van der Waals surface area contributed by atoms with E-state index in [1.807, 2.05) is 4.90 Å². The molecule has 1 N–H and O–H groups in total. The highest BCUT2D eigenvalue weighted by molar-refractivity contribution is 5.91. The molecule has 2 aliphatic rings. The molecule has 4 nitrogen and oxygen atoms in total. The van der Waals surface area contributed by atoms with Gasteiger partial charge in [-0.1, -0.05) is 0 Å². The Hall–Kier alpha value is -1.29. The van der Waals surface area contributed by atoms with Gasteiger partial charge in [-0.3, -0.25) is 4.79 Å². The fourth-order valence-corrected chi connectivity index (χ4v) is 2.17. The molecule has 74 valence electrons. The van der Waals surface area contributed by atoms with Crippen molar-refractivity contribution >= 4 is 5.91 Å². The minimum Gasteiger partial charge on any atom is -0.459 e. The summed E-state index contributed by atoms with van der Waals surface area (Å²) in [5.41, 5.74) is 0. The number of nitrogens with zero attached hydrogens (tertiary/aromatic N) is 1. The lowest BCUT2D eigenvalue weighted by molar-refractivity contribution is 0.0757. The van der Waals surface area contributed by atoms with Crippen molar-refractivity contribution < 1.29 is 9.21 Å². The zero-order valence-electron chi connectivity index (χ0n) is 7.77. The summed E-state index contributed by atoms with van der Waals surface area (Å²) in [5.74, 6) is 1.13. The Bertz CT molecular complexity index is 335. The molecule has 3 heterocycles. The molecule has 0 spiro atoms. The normalized spacial score (nSPS) is 29.9. The van der Waals surface area contributed by atoms with Gasteiger partial charge in [0.05, 0.1) is 6.26 Å². The summed E-state index contributed by atoms with van der Waals surface area (Å²) in [5, 5.41) is 3.31. The molecule has 1 aromatic rings. The lowest BCUT2D eigenvalue weighted by atomic mass is 9.96. The van der Waals surface area contributed by atoms with Gasteiger partial charge in [0, 0.05) is 31.6 Å². The molecule has 0 unspecified atom stereocenters. The topological polar surface area (TPSA) is 45.5 Å². The Balaban J connectivity index is 1.74. The fraction of sp³-hybridized carbons (Fsp3) is 0.500. The van der Waals surface area contributed by atoms with Crippen LogP contribution in [0.4, 0.5) is 0 Å². The van der Waals surface area contributed by atoms with Crippen molar-refractivity contribution in [1.82, 2.24) is 10.2 Å². The van der Waals surface area contributed by atoms with E-state index < -0.39 is 0 Å². The van der Waals surface area contributed by atoms with E-state index >= 15 is 0 Å². The number of fused-ring (bicyclic) bond motifs is 1. The molecule has 3 rings (SSSR count). The second-order valence-electron chi connectivity index (χ2n) is 3.96. The van der Waals surface area contributed by atoms with Crippen molar-refractivity contribution in [2.45, 2.75) is 6.04 Å². The van der Waals surface area contributed by atoms with Gasteiger partial charge in [-0.2, -0.15) is 0 Å². The Labute approximate surface area is 81.9 Å². The molecule has 0 radical (unpaired) electrons. The van der Waals surface area contributed by atoms with Crippen molar-refractivity contribution in [3.63, 3.8) is 0 Å². The van der Waals surface area contributed by atoms with Gasteiger partial charge in [-0.25, -0.2) is 0 Å². The SMILES string of the molecule is O=C(c1ccco1)N1C[C@H]2CN[C@H]2C1. The van der Waals surface area contributed by atoms with Crippen LogP contribution < -0.4 is 5.32 Å².